The molecule has 0 aromatic carbocycles. The van der Waals surface area contributed by atoms with E-state index in [2.05, 4.69) is 13.8 Å². The lowest BCUT2D eigenvalue weighted by atomic mass is 9.78. The lowest BCUT2D eigenvalue weighted by Gasteiger charge is -2.39. The number of ether oxygens (including phenoxy) is 1. The van der Waals surface area contributed by atoms with Crippen LogP contribution in [-0.2, 0) is 9.53 Å². The summed E-state index contributed by atoms with van der Waals surface area (Å²) >= 11 is 0. The first-order valence-corrected chi connectivity index (χ1v) is 6.56. The van der Waals surface area contributed by atoms with Crippen LogP contribution in [0.4, 0.5) is 0 Å². The van der Waals surface area contributed by atoms with E-state index in [1.165, 1.54) is 6.42 Å². The summed E-state index contributed by atoms with van der Waals surface area (Å²) in [6.45, 7) is 6.78. The quantitative estimate of drug-likeness (QED) is 0.792. The summed E-state index contributed by atoms with van der Waals surface area (Å²) in [4.78, 5) is 14.0. The molecule has 1 atom stereocenters. The number of likely N-dealkylation sites (tertiary alicyclic amines) is 1. The second kappa shape index (κ2) is 6.36. The van der Waals surface area contributed by atoms with Crippen molar-refractivity contribution in [3.63, 3.8) is 0 Å². The van der Waals surface area contributed by atoms with Gasteiger partial charge in [0.1, 0.15) is 0 Å². The molecule has 0 saturated carbocycles. The molecular formula is C13H26N2O2. The van der Waals surface area contributed by atoms with Gasteiger partial charge in [-0.1, -0.05) is 20.3 Å². The third kappa shape index (κ3) is 3.96. The molecular weight excluding hydrogens is 216 g/mol. The zero-order chi connectivity index (χ0) is 12.9. The molecule has 100 valence electrons. The van der Waals surface area contributed by atoms with Crippen LogP contribution in [0.5, 0.6) is 0 Å². The Balaban J connectivity index is 2.40. The highest BCUT2D eigenvalue weighted by atomic mass is 16.5. The largest absolute Gasteiger partial charge is 0.385 e. The van der Waals surface area contributed by atoms with Gasteiger partial charge in [0.05, 0.1) is 6.04 Å². The molecule has 0 bridgehead atoms. The number of hydrogen-bond donors (Lipinski definition) is 1. The maximum Gasteiger partial charge on any atom is 0.239 e. The van der Waals surface area contributed by atoms with E-state index >= 15 is 0 Å². The number of carbonyl (C=O) groups excluding carboxylic acids is 1. The van der Waals surface area contributed by atoms with Crippen molar-refractivity contribution in [2.75, 3.05) is 26.8 Å². The molecule has 1 saturated heterocycles. The molecule has 0 spiro atoms. The van der Waals surface area contributed by atoms with Crippen LogP contribution in [0.2, 0.25) is 0 Å². The maximum atomic E-state index is 12.0. The van der Waals surface area contributed by atoms with Crippen LogP contribution in [0, 0.1) is 5.41 Å². The molecule has 0 aliphatic carbocycles. The minimum Gasteiger partial charge on any atom is -0.385 e. The first-order valence-electron chi connectivity index (χ1n) is 6.56. The molecule has 1 fully saturated rings. The van der Waals surface area contributed by atoms with Crippen molar-refractivity contribution in [1.82, 2.24) is 4.90 Å². The molecule has 0 radical (unpaired) electrons. The van der Waals surface area contributed by atoms with Gasteiger partial charge in [-0.3, -0.25) is 4.79 Å². The van der Waals surface area contributed by atoms with Crippen LogP contribution < -0.4 is 5.73 Å². The molecule has 1 unspecified atom stereocenters. The summed E-state index contributed by atoms with van der Waals surface area (Å²) in [6.07, 6.45) is 3.97. The summed E-state index contributed by atoms with van der Waals surface area (Å²) in [5.74, 6) is 0.0835. The van der Waals surface area contributed by atoms with Crippen LogP contribution in [0.25, 0.3) is 0 Å². The average Bonchev–Trinajstić information content (AvgIpc) is 2.36. The van der Waals surface area contributed by atoms with Crippen molar-refractivity contribution in [3.8, 4) is 0 Å². The highest BCUT2D eigenvalue weighted by Crippen LogP contribution is 2.33. The number of amides is 1. The summed E-state index contributed by atoms with van der Waals surface area (Å²) in [6, 6.07) is -0.402. The summed E-state index contributed by atoms with van der Waals surface area (Å²) < 4.78 is 4.95. The highest BCUT2D eigenvalue weighted by molar-refractivity contribution is 5.81. The number of nitrogens with zero attached hydrogens (tertiary/aromatic N) is 1. The van der Waals surface area contributed by atoms with Crippen LogP contribution in [-0.4, -0.2) is 43.7 Å². The van der Waals surface area contributed by atoms with Gasteiger partial charge in [0.2, 0.25) is 5.91 Å². The first-order chi connectivity index (χ1) is 8.02. The lowest BCUT2D eigenvalue weighted by Crippen LogP contribution is -2.49. The summed E-state index contributed by atoms with van der Waals surface area (Å²) in [5, 5.41) is 0. The van der Waals surface area contributed by atoms with Crippen molar-refractivity contribution in [3.05, 3.63) is 0 Å². The average molecular weight is 242 g/mol. The van der Waals surface area contributed by atoms with E-state index in [1.54, 1.807) is 7.11 Å². The van der Waals surface area contributed by atoms with Crippen molar-refractivity contribution in [2.24, 2.45) is 11.1 Å². The second-order valence-corrected chi connectivity index (χ2v) is 5.38. The molecule has 1 rings (SSSR count). The Kier molecular flexibility index (Phi) is 5.40. The van der Waals surface area contributed by atoms with Crippen LogP contribution in [0.3, 0.4) is 0 Å². The number of hydrogen-bond acceptors (Lipinski definition) is 3. The van der Waals surface area contributed by atoms with Gasteiger partial charge in [0.25, 0.3) is 0 Å². The van der Waals surface area contributed by atoms with Crippen LogP contribution >= 0.6 is 0 Å². The van der Waals surface area contributed by atoms with E-state index in [-0.39, 0.29) is 5.91 Å². The zero-order valence-corrected chi connectivity index (χ0v) is 11.4. The standard InChI is InChI=1S/C13H26N2O2/c1-4-13(2)6-8-15(9-7-13)12(16)11(14)5-10-17-3/h11H,4-10,14H2,1-3H3. The van der Waals surface area contributed by atoms with E-state index in [0.717, 1.165) is 25.9 Å². The molecule has 17 heavy (non-hydrogen) atoms. The Morgan fingerprint density at radius 1 is 1.47 bits per heavy atom. The second-order valence-electron chi connectivity index (χ2n) is 5.38. The van der Waals surface area contributed by atoms with Gasteiger partial charge in [-0.05, 0) is 24.7 Å². The SMILES string of the molecule is CCC1(C)CCN(C(=O)C(N)CCOC)CC1. The van der Waals surface area contributed by atoms with Gasteiger partial charge in [-0.25, -0.2) is 0 Å². The third-order valence-corrected chi connectivity index (χ3v) is 4.09. The van der Waals surface area contributed by atoms with E-state index in [9.17, 15) is 4.79 Å². The number of methoxy groups -OCH3 is 1. The first kappa shape index (κ1) is 14.5. The van der Waals surface area contributed by atoms with Crippen LogP contribution in [0.1, 0.15) is 39.5 Å². The minimum atomic E-state index is -0.402. The van der Waals surface area contributed by atoms with Gasteiger partial charge >= 0.3 is 0 Å². The van der Waals surface area contributed by atoms with E-state index in [0.29, 0.717) is 18.4 Å². The fourth-order valence-corrected chi connectivity index (χ4v) is 2.22. The Morgan fingerprint density at radius 2 is 2.06 bits per heavy atom. The van der Waals surface area contributed by atoms with Gasteiger partial charge in [-0.2, -0.15) is 0 Å². The Labute approximate surface area is 104 Å². The van der Waals surface area contributed by atoms with E-state index in [4.69, 9.17) is 10.5 Å². The third-order valence-electron chi connectivity index (χ3n) is 4.09. The molecule has 0 aromatic heterocycles. The smallest absolute Gasteiger partial charge is 0.239 e. The van der Waals surface area contributed by atoms with E-state index in [1.807, 2.05) is 4.90 Å². The topological polar surface area (TPSA) is 55.6 Å². The normalized spacial score (nSPS) is 21.3. The summed E-state index contributed by atoms with van der Waals surface area (Å²) in [7, 11) is 1.63. The maximum absolute atomic E-state index is 12.0. The molecule has 0 aromatic rings. The van der Waals surface area contributed by atoms with Gasteiger partial charge in [-0.15, -0.1) is 0 Å². The molecule has 1 aliphatic heterocycles. The van der Waals surface area contributed by atoms with E-state index < -0.39 is 6.04 Å². The number of rotatable bonds is 5. The summed E-state index contributed by atoms with van der Waals surface area (Å²) in [5.41, 5.74) is 6.27. The van der Waals surface area contributed by atoms with Gasteiger partial charge in [0, 0.05) is 26.8 Å². The monoisotopic (exact) mass is 242 g/mol. The Hall–Kier alpha value is -0.610. The van der Waals surface area contributed by atoms with Crippen molar-refractivity contribution >= 4 is 5.91 Å². The number of carbonyl (C=O) groups is 1. The number of nitrogens with two attached hydrogens (primary N) is 1. The van der Waals surface area contributed by atoms with Gasteiger partial charge < -0.3 is 15.4 Å². The highest BCUT2D eigenvalue weighted by Gasteiger charge is 2.31. The molecule has 4 nitrogen and oxygen atoms in total. The fraction of sp³-hybridized carbons (Fsp3) is 0.923. The molecule has 1 heterocycles. The lowest BCUT2D eigenvalue weighted by molar-refractivity contribution is -0.135. The molecule has 1 aliphatic rings. The Morgan fingerprint density at radius 3 is 2.53 bits per heavy atom. The Bertz CT molecular complexity index is 248. The predicted molar refractivity (Wildman–Crippen MR) is 68.7 cm³/mol. The minimum absolute atomic E-state index is 0.0835. The van der Waals surface area contributed by atoms with Gasteiger partial charge in [0.15, 0.2) is 0 Å². The van der Waals surface area contributed by atoms with Crippen LogP contribution in [0.15, 0.2) is 0 Å². The molecule has 4 heteroatoms. The predicted octanol–water partition coefficient (Wildman–Crippen LogP) is 1.39. The molecule has 2 N–H and O–H groups in total. The zero-order valence-electron chi connectivity index (χ0n) is 11.4. The fourth-order valence-electron chi connectivity index (χ4n) is 2.22. The van der Waals surface area contributed by atoms with Crippen molar-refractivity contribution in [2.45, 2.75) is 45.6 Å². The van der Waals surface area contributed by atoms with Crippen molar-refractivity contribution < 1.29 is 9.53 Å². The number of piperidine rings is 1. The van der Waals surface area contributed by atoms with Crippen molar-refractivity contribution in [1.29, 1.82) is 0 Å². The molecule has 1 amide bonds.